The summed E-state index contributed by atoms with van der Waals surface area (Å²) in [4.78, 5) is 9.25. The lowest BCUT2D eigenvalue weighted by Gasteiger charge is -2.15. The highest BCUT2D eigenvalue weighted by molar-refractivity contribution is 14.1. The van der Waals surface area contributed by atoms with Crippen molar-refractivity contribution in [2.45, 2.75) is 40.5 Å². The molecule has 3 nitrogen and oxygen atoms in total. The van der Waals surface area contributed by atoms with E-state index < -0.39 is 0 Å². The first-order chi connectivity index (χ1) is 9.31. The van der Waals surface area contributed by atoms with Gasteiger partial charge in [0.1, 0.15) is 5.82 Å². The Labute approximate surface area is 134 Å². The molecule has 0 bridgehead atoms. The number of nitrogen functional groups attached to an aromatic ring is 1. The van der Waals surface area contributed by atoms with Gasteiger partial charge in [-0.25, -0.2) is 9.97 Å². The van der Waals surface area contributed by atoms with Crippen LogP contribution >= 0.6 is 22.6 Å². The molecule has 0 aliphatic heterocycles. The van der Waals surface area contributed by atoms with Crippen LogP contribution < -0.4 is 5.73 Å². The number of hydrogen-bond donors (Lipinski definition) is 1. The molecule has 0 atom stereocenters. The molecular weight excluding hydrogens is 361 g/mol. The summed E-state index contributed by atoms with van der Waals surface area (Å²) in [5, 5.41) is 0. The summed E-state index contributed by atoms with van der Waals surface area (Å²) in [6.07, 6.45) is 0. The lowest BCUT2D eigenvalue weighted by atomic mass is 9.99. The van der Waals surface area contributed by atoms with Gasteiger partial charge in [-0.3, -0.25) is 0 Å². The van der Waals surface area contributed by atoms with Crippen LogP contribution in [0.1, 0.15) is 42.1 Å². The van der Waals surface area contributed by atoms with Gasteiger partial charge in [0, 0.05) is 5.56 Å². The van der Waals surface area contributed by atoms with Crippen LogP contribution in [0.2, 0.25) is 0 Å². The van der Waals surface area contributed by atoms with Crippen molar-refractivity contribution in [2.24, 2.45) is 0 Å². The molecule has 0 radical (unpaired) electrons. The average Bonchev–Trinajstić information content (AvgIpc) is 2.31. The zero-order valence-electron chi connectivity index (χ0n) is 12.6. The predicted molar refractivity (Wildman–Crippen MR) is 92.9 cm³/mol. The zero-order valence-corrected chi connectivity index (χ0v) is 14.7. The summed E-state index contributed by atoms with van der Waals surface area (Å²) in [6, 6.07) is 4.32. The maximum atomic E-state index is 6.07. The molecular formula is C16H20IN3. The Hall–Kier alpha value is -1.17. The van der Waals surface area contributed by atoms with Crippen LogP contribution in [0.3, 0.4) is 0 Å². The van der Waals surface area contributed by atoms with Crippen molar-refractivity contribution >= 4 is 28.4 Å². The average molecular weight is 381 g/mol. The number of hydrogen-bond acceptors (Lipinski definition) is 3. The first kappa shape index (κ1) is 15.2. The van der Waals surface area contributed by atoms with E-state index >= 15 is 0 Å². The number of nitrogens with two attached hydrogens (primary N) is 1. The minimum absolute atomic E-state index is 0.331. The van der Waals surface area contributed by atoms with Crippen molar-refractivity contribution in [1.29, 1.82) is 0 Å². The van der Waals surface area contributed by atoms with E-state index in [0.717, 1.165) is 20.7 Å². The van der Waals surface area contributed by atoms with Crippen LogP contribution in [0.15, 0.2) is 12.1 Å². The molecule has 0 aliphatic carbocycles. The van der Waals surface area contributed by atoms with Crippen molar-refractivity contribution in [1.82, 2.24) is 9.97 Å². The maximum Gasteiger partial charge on any atom is 0.162 e. The third-order valence-electron chi connectivity index (χ3n) is 3.35. The van der Waals surface area contributed by atoms with Gasteiger partial charge in [0.25, 0.3) is 0 Å². The molecule has 1 aromatic heterocycles. The van der Waals surface area contributed by atoms with E-state index in [1.54, 1.807) is 0 Å². The summed E-state index contributed by atoms with van der Waals surface area (Å²) < 4.78 is 0.962. The Morgan fingerprint density at radius 2 is 1.60 bits per heavy atom. The van der Waals surface area contributed by atoms with E-state index in [1.165, 1.54) is 16.7 Å². The zero-order chi connectivity index (χ0) is 15.0. The summed E-state index contributed by atoms with van der Waals surface area (Å²) in [5.41, 5.74) is 11.8. The van der Waals surface area contributed by atoms with Gasteiger partial charge in [-0.2, -0.15) is 0 Å². The molecule has 2 rings (SSSR count). The van der Waals surface area contributed by atoms with Gasteiger partial charge in [-0.15, -0.1) is 0 Å². The Morgan fingerprint density at radius 1 is 1.05 bits per heavy atom. The normalized spacial score (nSPS) is 11.2. The second-order valence-corrected chi connectivity index (χ2v) is 6.64. The highest BCUT2D eigenvalue weighted by Crippen LogP contribution is 2.30. The number of nitrogens with zero attached hydrogens (tertiary/aromatic N) is 2. The first-order valence-corrected chi connectivity index (χ1v) is 7.80. The highest BCUT2D eigenvalue weighted by atomic mass is 127. The van der Waals surface area contributed by atoms with Gasteiger partial charge in [0.15, 0.2) is 5.82 Å². The topological polar surface area (TPSA) is 51.8 Å². The fourth-order valence-corrected chi connectivity index (χ4v) is 3.37. The molecule has 2 N–H and O–H groups in total. The molecule has 106 valence electrons. The Morgan fingerprint density at radius 3 is 2.10 bits per heavy atom. The van der Waals surface area contributed by atoms with Gasteiger partial charge >= 0.3 is 0 Å². The van der Waals surface area contributed by atoms with Crippen molar-refractivity contribution in [2.75, 3.05) is 5.73 Å². The van der Waals surface area contributed by atoms with Crippen LogP contribution in [0.25, 0.3) is 11.4 Å². The fraction of sp³-hybridized carbons (Fsp3) is 0.375. The Balaban J connectivity index is 2.71. The number of rotatable bonds is 2. The van der Waals surface area contributed by atoms with E-state index in [2.05, 4.69) is 74.3 Å². The standard InChI is InChI=1S/C16H20IN3/c1-8(2)14-13(17)15(18)20-16(19-14)12-10(4)6-9(3)7-11(12)5/h6-8H,1-5H3,(H2,18,19,20). The van der Waals surface area contributed by atoms with E-state index in [0.29, 0.717) is 11.7 Å². The van der Waals surface area contributed by atoms with Crippen LogP contribution in [0, 0.1) is 24.3 Å². The Kier molecular flexibility index (Phi) is 4.32. The SMILES string of the molecule is Cc1cc(C)c(-c2nc(N)c(I)c(C(C)C)n2)c(C)c1. The van der Waals surface area contributed by atoms with Crippen molar-refractivity contribution < 1.29 is 0 Å². The molecule has 0 aliphatic rings. The second-order valence-electron chi connectivity index (χ2n) is 5.56. The first-order valence-electron chi connectivity index (χ1n) is 6.72. The number of benzene rings is 1. The van der Waals surface area contributed by atoms with E-state index in [-0.39, 0.29) is 0 Å². The van der Waals surface area contributed by atoms with E-state index in [9.17, 15) is 0 Å². The quantitative estimate of drug-likeness (QED) is 0.786. The number of anilines is 1. The monoisotopic (exact) mass is 381 g/mol. The van der Waals surface area contributed by atoms with Gasteiger partial charge in [-0.05, 0) is 60.4 Å². The highest BCUT2D eigenvalue weighted by Gasteiger charge is 2.16. The third-order valence-corrected chi connectivity index (χ3v) is 4.46. The summed E-state index contributed by atoms with van der Waals surface area (Å²) in [7, 11) is 0. The van der Waals surface area contributed by atoms with Gasteiger partial charge in [0.2, 0.25) is 0 Å². The predicted octanol–water partition coefficient (Wildman–Crippen LogP) is 4.38. The summed E-state index contributed by atoms with van der Waals surface area (Å²) >= 11 is 2.23. The lowest BCUT2D eigenvalue weighted by molar-refractivity contribution is 0.810. The van der Waals surface area contributed by atoms with Gasteiger partial charge in [-0.1, -0.05) is 31.5 Å². The van der Waals surface area contributed by atoms with Crippen LogP contribution in [0.5, 0.6) is 0 Å². The third kappa shape index (κ3) is 2.80. The van der Waals surface area contributed by atoms with Crippen molar-refractivity contribution in [3.8, 4) is 11.4 Å². The molecule has 0 fully saturated rings. The second kappa shape index (κ2) is 5.68. The van der Waals surface area contributed by atoms with E-state index in [1.807, 2.05) is 0 Å². The fourth-order valence-electron chi connectivity index (χ4n) is 2.51. The smallest absolute Gasteiger partial charge is 0.162 e. The number of aryl methyl sites for hydroxylation is 3. The molecule has 1 aromatic carbocycles. The largest absolute Gasteiger partial charge is 0.383 e. The molecule has 0 saturated carbocycles. The minimum Gasteiger partial charge on any atom is -0.383 e. The van der Waals surface area contributed by atoms with Crippen LogP contribution in [-0.2, 0) is 0 Å². The lowest BCUT2D eigenvalue weighted by Crippen LogP contribution is -2.07. The molecule has 0 amide bonds. The molecule has 0 unspecified atom stereocenters. The van der Waals surface area contributed by atoms with Crippen molar-refractivity contribution in [3.05, 3.63) is 38.1 Å². The Bertz CT molecular complexity index is 640. The molecule has 1 heterocycles. The van der Waals surface area contributed by atoms with Gasteiger partial charge < -0.3 is 5.73 Å². The van der Waals surface area contributed by atoms with Gasteiger partial charge in [0.05, 0.1) is 9.26 Å². The molecule has 0 spiro atoms. The minimum atomic E-state index is 0.331. The molecule has 4 heteroatoms. The van der Waals surface area contributed by atoms with E-state index in [4.69, 9.17) is 10.7 Å². The molecule has 2 aromatic rings. The van der Waals surface area contributed by atoms with Crippen molar-refractivity contribution in [3.63, 3.8) is 0 Å². The van der Waals surface area contributed by atoms with Crippen LogP contribution in [0.4, 0.5) is 5.82 Å². The summed E-state index contributed by atoms with van der Waals surface area (Å²) in [5.74, 6) is 1.64. The maximum absolute atomic E-state index is 6.07. The molecule has 20 heavy (non-hydrogen) atoms. The summed E-state index contributed by atoms with van der Waals surface area (Å²) in [6.45, 7) is 10.6. The number of aromatic nitrogens is 2. The van der Waals surface area contributed by atoms with Crippen LogP contribution in [-0.4, -0.2) is 9.97 Å². The number of halogens is 1. The molecule has 0 saturated heterocycles.